The van der Waals surface area contributed by atoms with Gasteiger partial charge in [-0.1, -0.05) is 73.3 Å². The number of hydrogen-bond acceptors (Lipinski definition) is 2. The van der Waals surface area contributed by atoms with Gasteiger partial charge in [0.1, 0.15) is 0 Å². The number of rotatable bonds is 5. The Morgan fingerprint density at radius 2 is 1.47 bits per heavy atom. The third-order valence-electron chi connectivity index (χ3n) is 6.41. The Kier molecular flexibility index (Phi) is 5.12. The maximum absolute atomic E-state index is 3.77. The van der Waals surface area contributed by atoms with Crippen LogP contribution >= 0.6 is 11.9 Å². The number of hydrogen-bond donors (Lipinski definition) is 0. The highest BCUT2D eigenvalue weighted by molar-refractivity contribution is 8.00. The van der Waals surface area contributed by atoms with Crippen molar-refractivity contribution >= 4 is 45.1 Å². The van der Waals surface area contributed by atoms with Crippen LogP contribution in [0.15, 0.2) is 122 Å². The zero-order valence-electron chi connectivity index (χ0n) is 19.0. The lowest BCUT2D eigenvalue weighted by atomic mass is 9.94. The van der Waals surface area contributed by atoms with Crippen molar-refractivity contribution in [3.8, 4) is 16.8 Å². The van der Waals surface area contributed by atoms with Gasteiger partial charge in [0.15, 0.2) is 0 Å². The molecule has 6 rings (SSSR count). The maximum atomic E-state index is 3.77. The summed E-state index contributed by atoms with van der Waals surface area (Å²) < 4.78 is 4.62. The van der Waals surface area contributed by atoms with Gasteiger partial charge in [-0.2, -0.15) is 0 Å². The van der Waals surface area contributed by atoms with Gasteiger partial charge >= 0.3 is 0 Å². The lowest BCUT2D eigenvalue weighted by molar-refractivity contribution is 1.18. The molecule has 1 aliphatic heterocycles. The number of benzene rings is 4. The second-order valence-corrected chi connectivity index (χ2v) is 9.03. The first-order valence-corrected chi connectivity index (χ1v) is 12.6. The fourth-order valence-electron chi connectivity index (χ4n) is 4.87. The van der Waals surface area contributed by atoms with E-state index in [4.69, 9.17) is 0 Å². The minimum atomic E-state index is 1.18. The lowest BCUT2D eigenvalue weighted by Gasteiger charge is -2.37. The predicted molar refractivity (Wildman–Crippen MR) is 150 cm³/mol. The van der Waals surface area contributed by atoms with E-state index in [1.165, 1.54) is 55.6 Å². The Labute approximate surface area is 204 Å². The van der Waals surface area contributed by atoms with Crippen LogP contribution in [0.25, 0.3) is 44.3 Å². The van der Waals surface area contributed by atoms with Crippen molar-refractivity contribution in [2.45, 2.75) is 0 Å². The van der Waals surface area contributed by atoms with Crippen molar-refractivity contribution in [3.63, 3.8) is 0 Å². The van der Waals surface area contributed by atoms with Gasteiger partial charge in [0.2, 0.25) is 0 Å². The SMILES string of the molecule is C=C/C=C\C=C1\c2cc(-c3ccc4c(c3)c3ccccc3n4-c3ccccc3)ccc2N1SC. The molecule has 2 heterocycles. The van der Waals surface area contributed by atoms with Crippen LogP contribution in [-0.2, 0) is 0 Å². The summed E-state index contributed by atoms with van der Waals surface area (Å²) in [5.74, 6) is 0. The van der Waals surface area contributed by atoms with Crippen molar-refractivity contribution in [3.05, 3.63) is 127 Å². The summed E-state index contributed by atoms with van der Waals surface area (Å²) >= 11 is 1.73. The van der Waals surface area contributed by atoms with Gasteiger partial charge in [0.05, 0.1) is 22.4 Å². The molecule has 5 aromatic rings. The van der Waals surface area contributed by atoms with Gasteiger partial charge in [-0.3, -0.25) is 4.31 Å². The van der Waals surface area contributed by atoms with Crippen LogP contribution in [-0.4, -0.2) is 10.8 Å². The second-order valence-electron chi connectivity index (χ2n) is 8.30. The minimum absolute atomic E-state index is 1.18. The molecule has 1 aliphatic rings. The predicted octanol–water partition coefficient (Wildman–Crippen LogP) is 8.63. The molecule has 164 valence electrons. The van der Waals surface area contributed by atoms with Gasteiger partial charge in [0.25, 0.3) is 0 Å². The Morgan fingerprint density at radius 3 is 2.29 bits per heavy atom. The van der Waals surface area contributed by atoms with Crippen molar-refractivity contribution < 1.29 is 0 Å². The summed E-state index contributed by atoms with van der Waals surface area (Å²) in [7, 11) is 0. The van der Waals surface area contributed by atoms with E-state index >= 15 is 0 Å². The molecule has 34 heavy (non-hydrogen) atoms. The van der Waals surface area contributed by atoms with Crippen LogP contribution in [0.5, 0.6) is 0 Å². The van der Waals surface area contributed by atoms with E-state index in [2.05, 4.69) is 119 Å². The number of aromatic nitrogens is 1. The van der Waals surface area contributed by atoms with E-state index in [1.807, 2.05) is 12.2 Å². The first-order chi connectivity index (χ1) is 16.8. The molecular formula is C31H24N2S. The quantitative estimate of drug-likeness (QED) is 0.193. The molecule has 1 aromatic heterocycles. The number of nitrogens with zero attached hydrogens (tertiary/aromatic N) is 2. The third kappa shape index (κ3) is 3.20. The van der Waals surface area contributed by atoms with Gasteiger partial charge < -0.3 is 4.57 Å². The summed E-state index contributed by atoms with van der Waals surface area (Å²) in [6, 6.07) is 32.9. The van der Waals surface area contributed by atoms with Gasteiger partial charge in [0, 0.05) is 28.3 Å². The molecule has 4 aromatic carbocycles. The highest BCUT2D eigenvalue weighted by atomic mass is 32.2. The molecule has 0 spiro atoms. The van der Waals surface area contributed by atoms with Crippen molar-refractivity contribution in [2.24, 2.45) is 0 Å². The first-order valence-electron chi connectivity index (χ1n) is 11.4. The molecule has 0 aliphatic carbocycles. The van der Waals surface area contributed by atoms with Crippen LogP contribution in [0, 0.1) is 0 Å². The van der Waals surface area contributed by atoms with E-state index in [0.717, 1.165) is 0 Å². The fraction of sp³-hybridized carbons (Fsp3) is 0.0323. The number of anilines is 1. The third-order valence-corrected chi connectivity index (χ3v) is 7.17. The zero-order valence-corrected chi connectivity index (χ0v) is 19.8. The average molecular weight is 457 g/mol. The number of fused-ring (bicyclic) bond motifs is 4. The molecule has 0 bridgehead atoms. The summed E-state index contributed by atoms with van der Waals surface area (Å²) in [4.78, 5) is 0. The Morgan fingerprint density at radius 1 is 0.735 bits per heavy atom. The highest BCUT2D eigenvalue weighted by Gasteiger charge is 2.28. The van der Waals surface area contributed by atoms with E-state index < -0.39 is 0 Å². The fourth-order valence-corrected chi connectivity index (χ4v) is 5.58. The van der Waals surface area contributed by atoms with Crippen LogP contribution in [0.2, 0.25) is 0 Å². The van der Waals surface area contributed by atoms with Gasteiger partial charge in [-0.25, -0.2) is 0 Å². The molecule has 0 amide bonds. The number of allylic oxidation sites excluding steroid dienone is 4. The van der Waals surface area contributed by atoms with Crippen LogP contribution in [0.1, 0.15) is 5.56 Å². The Balaban J connectivity index is 1.50. The zero-order chi connectivity index (χ0) is 23.1. The summed E-state index contributed by atoms with van der Waals surface area (Å²) in [5, 5.41) is 2.55. The van der Waals surface area contributed by atoms with Crippen molar-refractivity contribution in [1.29, 1.82) is 0 Å². The monoisotopic (exact) mass is 456 g/mol. The van der Waals surface area contributed by atoms with Gasteiger partial charge in [-0.05, 0) is 71.6 Å². The minimum Gasteiger partial charge on any atom is -0.309 e. The van der Waals surface area contributed by atoms with E-state index in [1.54, 1.807) is 18.0 Å². The Bertz CT molecular complexity index is 1610. The van der Waals surface area contributed by atoms with Crippen LogP contribution < -0.4 is 4.31 Å². The molecular weight excluding hydrogens is 432 g/mol. The molecule has 0 fully saturated rings. The summed E-state index contributed by atoms with van der Waals surface area (Å²) in [6.45, 7) is 3.77. The smallest absolute Gasteiger partial charge is 0.0619 e. The van der Waals surface area contributed by atoms with Gasteiger partial charge in [-0.15, -0.1) is 0 Å². The maximum Gasteiger partial charge on any atom is 0.0619 e. The number of para-hydroxylation sites is 2. The Hall–Kier alpha value is -3.95. The molecule has 3 heteroatoms. The summed E-state index contributed by atoms with van der Waals surface area (Å²) in [5.41, 5.74) is 9.87. The molecule has 0 saturated heterocycles. The topological polar surface area (TPSA) is 8.17 Å². The molecule has 2 nitrogen and oxygen atoms in total. The van der Waals surface area contributed by atoms with E-state index in [0.29, 0.717) is 0 Å². The average Bonchev–Trinajstić information content (AvgIpc) is 3.21. The first kappa shape index (κ1) is 20.6. The standard InChI is InChI=1S/C31H24N2S/c1-3-4-6-15-30-27-21-23(17-19-31(27)33(30)34-2)22-16-18-29-26(20-22)25-13-9-10-14-28(25)32(29)24-11-7-5-8-12-24/h3-21H,1H2,2H3/b6-4-,30-15-. The molecule has 0 radical (unpaired) electrons. The highest BCUT2D eigenvalue weighted by Crippen LogP contribution is 2.48. The summed E-state index contributed by atoms with van der Waals surface area (Å²) in [6.07, 6.45) is 10.1. The van der Waals surface area contributed by atoms with E-state index in [-0.39, 0.29) is 0 Å². The van der Waals surface area contributed by atoms with Crippen molar-refractivity contribution in [2.75, 3.05) is 10.6 Å². The van der Waals surface area contributed by atoms with E-state index in [9.17, 15) is 0 Å². The molecule has 0 saturated carbocycles. The molecule has 0 atom stereocenters. The molecule has 0 unspecified atom stereocenters. The second kappa shape index (κ2) is 8.44. The van der Waals surface area contributed by atoms with Crippen molar-refractivity contribution in [1.82, 2.24) is 4.57 Å². The molecule has 0 N–H and O–H groups in total. The van der Waals surface area contributed by atoms with Crippen LogP contribution in [0.3, 0.4) is 0 Å². The van der Waals surface area contributed by atoms with Crippen LogP contribution in [0.4, 0.5) is 5.69 Å². The lowest BCUT2D eigenvalue weighted by Crippen LogP contribution is -2.23. The largest absolute Gasteiger partial charge is 0.309 e. The normalized spacial score (nSPS) is 14.1.